The third-order valence-corrected chi connectivity index (χ3v) is 8.90. The minimum absolute atomic E-state index is 0.0131. The summed E-state index contributed by atoms with van der Waals surface area (Å²) in [6.45, 7) is 1.68. The van der Waals surface area contributed by atoms with Crippen molar-refractivity contribution in [2.75, 3.05) is 55.3 Å². The lowest BCUT2D eigenvalue weighted by molar-refractivity contribution is 0.0468. The number of amides is 1. The molecule has 49 heavy (non-hydrogen) atoms. The monoisotopic (exact) mass is 673 g/mol. The first-order valence-corrected chi connectivity index (χ1v) is 16.4. The van der Waals surface area contributed by atoms with E-state index in [1.165, 1.54) is 0 Å². The van der Waals surface area contributed by atoms with E-state index in [4.69, 9.17) is 38.0 Å². The molecule has 1 amide bonds. The molecule has 12 heteroatoms. The molecule has 1 fully saturated rings. The standard InChI is InChI=1S/C37H43N3O9/c1-42-30-12-11-25(35(45-4)36(30)46-5)26-18-23(29-13-14-39-49-29)19-33(34(26)44-3)48-17-8-6-7-16-47-32-21-28-27(20-31(32)43-2)37(41)40-15-9-10-24(40)22-38-28/h11-14,18-22,24,29,39H,6-10,15-17H2,1-5H3/t24-,29?/m0/s1. The van der Waals surface area contributed by atoms with Gasteiger partial charge in [-0.3, -0.25) is 20.1 Å². The molecule has 260 valence electrons. The maximum absolute atomic E-state index is 13.2. The van der Waals surface area contributed by atoms with Crippen LogP contribution >= 0.6 is 0 Å². The first kappa shape index (κ1) is 33.8. The molecule has 0 aliphatic carbocycles. The third kappa shape index (κ3) is 6.91. The number of methoxy groups -OCH3 is 5. The lowest BCUT2D eigenvalue weighted by atomic mass is 9.97. The van der Waals surface area contributed by atoms with Crippen LogP contribution in [0.2, 0.25) is 0 Å². The fraction of sp³-hybridized carbons (Fsp3) is 0.405. The Morgan fingerprint density at radius 3 is 2.22 bits per heavy atom. The predicted octanol–water partition coefficient (Wildman–Crippen LogP) is 6.43. The molecule has 3 aliphatic rings. The summed E-state index contributed by atoms with van der Waals surface area (Å²) in [6.07, 6.45) is 9.59. The number of carbonyl (C=O) groups is 1. The van der Waals surface area contributed by atoms with Crippen molar-refractivity contribution in [3.63, 3.8) is 0 Å². The number of benzene rings is 3. The molecule has 0 saturated carbocycles. The normalized spacial score (nSPS) is 17.6. The van der Waals surface area contributed by atoms with Gasteiger partial charge in [-0.2, -0.15) is 0 Å². The van der Waals surface area contributed by atoms with Crippen molar-refractivity contribution in [3.8, 4) is 51.4 Å². The summed E-state index contributed by atoms with van der Waals surface area (Å²) in [6, 6.07) is 11.3. The summed E-state index contributed by atoms with van der Waals surface area (Å²) in [4.78, 5) is 25.4. The van der Waals surface area contributed by atoms with Crippen molar-refractivity contribution < 1.29 is 42.8 Å². The number of unbranched alkanes of at least 4 members (excludes halogenated alkanes) is 2. The van der Waals surface area contributed by atoms with Gasteiger partial charge in [0.15, 0.2) is 34.5 Å². The maximum atomic E-state index is 13.2. The zero-order chi connectivity index (χ0) is 34.3. The Morgan fingerprint density at radius 1 is 0.776 bits per heavy atom. The van der Waals surface area contributed by atoms with E-state index in [1.807, 2.05) is 41.5 Å². The van der Waals surface area contributed by atoms with Crippen LogP contribution in [-0.2, 0) is 4.84 Å². The molecule has 12 nitrogen and oxygen atoms in total. The fourth-order valence-corrected chi connectivity index (χ4v) is 6.44. The Kier molecular flexibility index (Phi) is 10.6. The second-order valence-corrected chi connectivity index (χ2v) is 11.8. The van der Waals surface area contributed by atoms with Crippen molar-refractivity contribution in [1.29, 1.82) is 0 Å². The number of ether oxygens (including phenoxy) is 7. The highest BCUT2D eigenvalue weighted by Gasteiger charge is 2.32. The molecule has 0 radical (unpaired) electrons. The van der Waals surface area contributed by atoms with Crippen molar-refractivity contribution in [1.82, 2.24) is 10.4 Å². The zero-order valence-electron chi connectivity index (χ0n) is 28.6. The van der Waals surface area contributed by atoms with Gasteiger partial charge in [0, 0.05) is 36.2 Å². The van der Waals surface area contributed by atoms with Gasteiger partial charge in [0.2, 0.25) is 5.75 Å². The molecule has 3 aromatic carbocycles. The van der Waals surface area contributed by atoms with Gasteiger partial charge >= 0.3 is 0 Å². The van der Waals surface area contributed by atoms with E-state index in [2.05, 4.69) is 10.5 Å². The maximum Gasteiger partial charge on any atom is 0.256 e. The third-order valence-electron chi connectivity index (χ3n) is 8.90. The Bertz CT molecular complexity index is 1720. The highest BCUT2D eigenvalue weighted by molar-refractivity contribution is 6.03. The Labute approximate surface area is 286 Å². The Morgan fingerprint density at radius 2 is 1.53 bits per heavy atom. The topological polar surface area (TPSA) is 119 Å². The SMILES string of the molecule is COc1cc2c(cc1OCCCCCOc1cc(C3C=CNO3)cc(-c3ccc(OC)c(OC)c3OC)c1OC)N=C[C@@H]1CCCN1C2=O. The van der Waals surface area contributed by atoms with Gasteiger partial charge in [0.1, 0.15) is 6.10 Å². The van der Waals surface area contributed by atoms with E-state index in [1.54, 1.807) is 53.9 Å². The van der Waals surface area contributed by atoms with Crippen LogP contribution in [0.4, 0.5) is 5.69 Å². The van der Waals surface area contributed by atoms with E-state index >= 15 is 0 Å². The number of carbonyl (C=O) groups excluding carboxylic acids is 1. The van der Waals surface area contributed by atoms with Crippen LogP contribution in [0.25, 0.3) is 11.1 Å². The molecule has 0 bridgehead atoms. The molecule has 3 aromatic rings. The zero-order valence-corrected chi connectivity index (χ0v) is 28.6. The van der Waals surface area contributed by atoms with Crippen LogP contribution in [0.1, 0.15) is 54.1 Å². The number of aliphatic imine (C=N–C) groups is 1. The molecule has 2 atom stereocenters. The van der Waals surface area contributed by atoms with Gasteiger partial charge in [0.05, 0.1) is 66.1 Å². The number of nitrogens with zero attached hydrogens (tertiary/aromatic N) is 2. The average Bonchev–Trinajstić information content (AvgIpc) is 3.83. The summed E-state index contributed by atoms with van der Waals surface area (Å²) in [5, 5.41) is 0. The first-order valence-electron chi connectivity index (χ1n) is 16.4. The van der Waals surface area contributed by atoms with Crippen molar-refractivity contribution in [2.24, 2.45) is 4.99 Å². The summed E-state index contributed by atoms with van der Waals surface area (Å²) in [7, 11) is 7.94. The molecular weight excluding hydrogens is 630 g/mol. The van der Waals surface area contributed by atoms with Crippen LogP contribution in [-0.4, -0.2) is 78.4 Å². The van der Waals surface area contributed by atoms with E-state index in [9.17, 15) is 4.79 Å². The van der Waals surface area contributed by atoms with Gasteiger partial charge < -0.3 is 38.1 Å². The molecule has 3 aliphatic heterocycles. The summed E-state index contributed by atoms with van der Waals surface area (Å²) < 4.78 is 40.9. The highest BCUT2D eigenvalue weighted by atomic mass is 16.7. The van der Waals surface area contributed by atoms with Crippen LogP contribution in [0.5, 0.6) is 40.2 Å². The summed E-state index contributed by atoms with van der Waals surface area (Å²) >= 11 is 0. The molecule has 3 heterocycles. The molecule has 1 saturated heterocycles. The largest absolute Gasteiger partial charge is 0.493 e. The first-order chi connectivity index (χ1) is 24.0. The lowest BCUT2D eigenvalue weighted by Crippen LogP contribution is -2.35. The molecular formula is C37H43N3O9. The van der Waals surface area contributed by atoms with Gasteiger partial charge in [-0.1, -0.05) is 0 Å². The minimum Gasteiger partial charge on any atom is -0.493 e. The number of rotatable bonds is 15. The van der Waals surface area contributed by atoms with Crippen LogP contribution in [0.3, 0.4) is 0 Å². The number of hydrogen-bond acceptors (Lipinski definition) is 11. The fourth-order valence-electron chi connectivity index (χ4n) is 6.44. The predicted molar refractivity (Wildman–Crippen MR) is 184 cm³/mol. The lowest BCUT2D eigenvalue weighted by Gasteiger charge is -2.21. The summed E-state index contributed by atoms with van der Waals surface area (Å²) in [5.41, 5.74) is 6.33. The van der Waals surface area contributed by atoms with Gasteiger partial charge in [-0.25, -0.2) is 0 Å². The number of nitrogens with one attached hydrogen (secondary N) is 1. The Hall–Kier alpha value is -5.10. The van der Waals surface area contributed by atoms with Crippen molar-refractivity contribution >= 4 is 17.8 Å². The van der Waals surface area contributed by atoms with Crippen molar-refractivity contribution in [3.05, 3.63) is 59.8 Å². The second-order valence-electron chi connectivity index (χ2n) is 11.8. The number of fused-ring (bicyclic) bond motifs is 2. The van der Waals surface area contributed by atoms with Crippen LogP contribution < -0.4 is 38.6 Å². The number of hydroxylamine groups is 1. The molecule has 1 N–H and O–H groups in total. The van der Waals surface area contributed by atoms with Gasteiger partial charge in [-0.05, 0) is 74.1 Å². The van der Waals surface area contributed by atoms with E-state index in [-0.39, 0.29) is 18.1 Å². The number of hydrogen-bond donors (Lipinski definition) is 1. The quantitative estimate of drug-likeness (QED) is 0.181. The average molecular weight is 674 g/mol. The van der Waals surface area contributed by atoms with E-state index < -0.39 is 0 Å². The Balaban J connectivity index is 1.12. The van der Waals surface area contributed by atoms with Crippen molar-refractivity contribution in [2.45, 2.75) is 44.2 Å². The molecule has 0 spiro atoms. The van der Waals surface area contributed by atoms with Crippen LogP contribution in [0, 0.1) is 0 Å². The minimum atomic E-state index is -0.318. The smallest absolute Gasteiger partial charge is 0.256 e. The molecule has 6 rings (SSSR count). The van der Waals surface area contributed by atoms with Crippen LogP contribution in [0.15, 0.2) is 53.7 Å². The second kappa shape index (κ2) is 15.4. The highest BCUT2D eigenvalue weighted by Crippen LogP contribution is 2.50. The van der Waals surface area contributed by atoms with Gasteiger partial charge in [-0.15, -0.1) is 0 Å². The summed E-state index contributed by atoms with van der Waals surface area (Å²) in [5.74, 6) is 3.75. The van der Waals surface area contributed by atoms with E-state index in [0.717, 1.165) is 55.3 Å². The molecule has 0 aromatic heterocycles. The molecule has 1 unspecified atom stereocenters. The van der Waals surface area contributed by atoms with Gasteiger partial charge in [0.25, 0.3) is 5.91 Å². The van der Waals surface area contributed by atoms with E-state index in [0.29, 0.717) is 64.7 Å².